The summed E-state index contributed by atoms with van der Waals surface area (Å²) in [5.41, 5.74) is 0.633. The van der Waals surface area contributed by atoms with Crippen molar-refractivity contribution in [2.75, 3.05) is 18.4 Å². The van der Waals surface area contributed by atoms with Gasteiger partial charge in [-0.3, -0.25) is 4.90 Å². The number of morpholine rings is 1. The van der Waals surface area contributed by atoms with E-state index in [1.54, 1.807) is 12.3 Å². The third-order valence-electron chi connectivity index (χ3n) is 5.97. The van der Waals surface area contributed by atoms with Gasteiger partial charge in [0.25, 0.3) is 0 Å². The Labute approximate surface area is 160 Å². The lowest BCUT2D eigenvalue weighted by Crippen LogP contribution is -2.60. The number of nitrogens with zero attached hydrogens (tertiary/aromatic N) is 3. The second kappa shape index (κ2) is 6.52. The van der Waals surface area contributed by atoms with Gasteiger partial charge >= 0.3 is 0 Å². The van der Waals surface area contributed by atoms with E-state index >= 15 is 0 Å². The molecule has 136 valence electrons. The first kappa shape index (κ1) is 16.5. The van der Waals surface area contributed by atoms with E-state index in [-0.39, 0.29) is 0 Å². The maximum absolute atomic E-state index is 9.00. The molecule has 2 atom stereocenters. The van der Waals surface area contributed by atoms with Crippen LogP contribution in [0.4, 0.5) is 5.82 Å². The number of hydrogen-bond acceptors (Lipinski definition) is 6. The summed E-state index contributed by atoms with van der Waals surface area (Å²) in [5, 5.41) is 13.5. The number of hydrogen-bond donors (Lipinski definition) is 1. The van der Waals surface area contributed by atoms with E-state index in [1.165, 1.54) is 19.3 Å². The van der Waals surface area contributed by atoms with Gasteiger partial charge in [0.2, 0.25) is 5.76 Å². The lowest BCUT2D eigenvalue weighted by atomic mass is 9.87. The van der Waals surface area contributed by atoms with Gasteiger partial charge in [-0.2, -0.15) is 5.26 Å². The van der Waals surface area contributed by atoms with E-state index in [4.69, 9.17) is 14.4 Å². The van der Waals surface area contributed by atoms with Crippen LogP contribution >= 0.6 is 15.9 Å². The molecule has 0 radical (unpaired) electrons. The summed E-state index contributed by atoms with van der Waals surface area (Å²) in [6, 6.07) is 4.93. The maximum atomic E-state index is 9.00. The molecule has 5 heterocycles. The Morgan fingerprint density at radius 3 is 2.65 bits per heavy atom. The van der Waals surface area contributed by atoms with Crippen LogP contribution in [0.2, 0.25) is 0 Å². The van der Waals surface area contributed by atoms with Crippen LogP contribution < -0.4 is 5.32 Å². The maximum Gasteiger partial charge on any atom is 0.204 e. The average Bonchev–Trinajstić information content (AvgIpc) is 3.08. The Morgan fingerprint density at radius 1 is 1.23 bits per heavy atom. The molecule has 1 aliphatic carbocycles. The van der Waals surface area contributed by atoms with Crippen molar-refractivity contribution in [3.05, 3.63) is 22.5 Å². The third-order valence-corrected chi connectivity index (χ3v) is 6.77. The predicted molar refractivity (Wildman–Crippen MR) is 101 cm³/mol. The van der Waals surface area contributed by atoms with Crippen molar-refractivity contribution >= 4 is 32.7 Å². The summed E-state index contributed by atoms with van der Waals surface area (Å²) in [6.45, 7) is 2.23. The minimum Gasteiger partial charge on any atom is -0.444 e. The fourth-order valence-corrected chi connectivity index (χ4v) is 5.13. The molecule has 6 nitrogen and oxygen atoms in total. The standard InChI is InChI=1S/C19H21BrN4O2/c20-18-16-6-13(7-21)26-17(16)8-22-19(18)23-11-1-3-12(4-2-11)24-9-14-5-15(10-24)25-14/h6,8,11-12,14-15H,1-5,9-10H2,(H,22,23). The summed E-state index contributed by atoms with van der Waals surface area (Å²) in [4.78, 5) is 7.13. The molecule has 2 unspecified atom stereocenters. The summed E-state index contributed by atoms with van der Waals surface area (Å²) in [7, 11) is 0. The van der Waals surface area contributed by atoms with Gasteiger partial charge in [-0.05, 0) is 41.6 Å². The van der Waals surface area contributed by atoms with Gasteiger partial charge in [0, 0.05) is 43.0 Å². The number of piperidine rings is 1. The lowest BCUT2D eigenvalue weighted by molar-refractivity contribution is -0.189. The third kappa shape index (κ3) is 2.90. The van der Waals surface area contributed by atoms with E-state index < -0.39 is 0 Å². The number of nitrogens with one attached hydrogen (secondary N) is 1. The van der Waals surface area contributed by atoms with E-state index in [1.807, 2.05) is 6.07 Å². The van der Waals surface area contributed by atoms with E-state index in [2.05, 4.69) is 31.1 Å². The minimum absolute atomic E-state index is 0.309. The first-order chi connectivity index (χ1) is 12.7. The number of fused-ring (bicyclic) bond motifs is 3. The normalized spacial score (nSPS) is 31.4. The van der Waals surface area contributed by atoms with Crippen molar-refractivity contribution in [2.45, 2.75) is 56.4 Å². The van der Waals surface area contributed by atoms with Gasteiger partial charge in [0.15, 0.2) is 5.58 Å². The highest BCUT2D eigenvalue weighted by molar-refractivity contribution is 9.10. The van der Waals surface area contributed by atoms with Crippen molar-refractivity contribution < 1.29 is 9.15 Å². The molecule has 3 aliphatic heterocycles. The molecular formula is C19H21BrN4O2. The zero-order chi connectivity index (χ0) is 17.7. The Hall–Kier alpha value is -1.62. The molecule has 0 amide bonds. The van der Waals surface area contributed by atoms with Crippen molar-refractivity contribution in [2.24, 2.45) is 0 Å². The molecule has 2 bridgehead atoms. The van der Waals surface area contributed by atoms with E-state index in [9.17, 15) is 0 Å². The molecule has 2 aromatic heterocycles. The fraction of sp³-hybridized carbons (Fsp3) is 0.579. The Kier molecular flexibility index (Phi) is 4.15. The minimum atomic E-state index is 0.309. The number of aromatic nitrogens is 1. The predicted octanol–water partition coefficient (Wildman–Crippen LogP) is 3.66. The van der Waals surface area contributed by atoms with Gasteiger partial charge < -0.3 is 14.5 Å². The molecule has 0 aromatic carbocycles. The van der Waals surface area contributed by atoms with Crippen molar-refractivity contribution in [3.63, 3.8) is 0 Å². The Balaban J connectivity index is 1.23. The van der Waals surface area contributed by atoms with Crippen LogP contribution in [0.15, 0.2) is 21.2 Å². The summed E-state index contributed by atoms with van der Waals surface area (Å²) in [5.74, 6) is 1.14. The van der Waals surface area contributed by atoms with Gasteiger partial charge in [-0.25, -0.2) is 4.98 Å². The van der Waals surface area contributed by atoms with Crippen LogP contribution in [-0.4, -0.2) is 47.3 Å². The first-order valence-corrected chi connectivity index (χ1v) is 10.1. The van der Waals surface area contributed by atoms with Gasteiger partial charge in [-0.1, -0.05) is 0 Å². The summed E-state index contributed by atoms with van der Waals surface area (Å²) >= 11 is 3.62. The highest BCUT2D eigenvalue weighted by atomic mass is 79.9. The van der Waals surface area contributed by atoms with Crippen molar-refractivity contribution in [3.8, 4) is 6.07 Å². The smallest absolute Gasteiger partial charge is 0.204 e. The summed E-state index contributed by atoms with van der Waals surface area (Å²) < 4.78 is 12.1. The molecule has 2 aromatic rings. The Morgan fingerprint density at radius 2 is 1.96 bits per heavy atom. The van der Waals surface area contributed by atoms with Crippen molar-refractivity contribution in [1.29, 1.82) is 5.26 Å². The molecule has 4 fully saturated rings. The SMILES string of the molecule is N#Cc1cc2c(Br)c(NC3CCC(N4CC5CC(C4)O5)CC3)ncc2o1. The molecule has 0 spiro atoms. The number of ether oxygens (including phenoxy) is 1. The van der Waals surface area contributed by atoms with Crippen LogP contribution in [0.5, 0.6) is 0 Å². The van der Waals surface area contributed by atoms with E-state index in [0.29, 0.717) is 35.6 Å². The summed E-state index contributed by atoms with van der Waals surface area (Å²) in [6.07, 6.45) is 8.68. The molecule has 26 heavy (non-hydrogen) atoms. The first-order valence-electron chi connectivity index (χ1n) is 9.34. The van der Waals surface area contributed by atoms with Crippen LogP contribution in [0.1, 0.15) is 37.9 Å². The number of pyridine rings is 1. The quantitative estimate of drug-likeness (QED) is 0.822. The molecular weight excluding hydrogens is 396 g/mol. The number of halogens is 1. The van der Waals surface area contributed by atoms with Gasteiger partial charge in [-0.15, -0.1) is 0 Å². The molecule has 6 rings (SSSR count). The van der Waals surface area contributed by atoms with Crippen LogP contribution in [0, 0.1) is 11.3 Å². The van der Waals surface area contributed by atoms with E-state index in [0.717, 1.165) is 41.6 Å². The monoisotopic (exact) mass is 416 g/mol. The van der Waals surface area contributed by atoms with Gasteiger partial charge in [0.1, 0.15) is 11.9 Å². The van der Waals surface area contributed by atoms with Crippen LogP contribution in [0.3, 0.4) is 0 Å². The number of anilines is 1. The van der Waals surface area contributed by atoms with Gasteiger partial charge in [0.05, 0.1) is 22.9 Å². The average molecular weight is 417 g/mol. The second-order valence-corrected chi connectivity index (χ2v) is 8.43. The second-order valence-electron chi connectivity index (χ2n) is 7.64. The molecule has 1 N–H and O–H groups in total. The highest BCUT2D eigenvalue weighted by Gasteiger charge is 2.41. The zero-order valence-electron chi connectivity index (χ0n) is 14.4. The Bertz CT molecular complexity index is 852. The number of furan rings is 1. The zero-order valence-corrected chi connectivity index (χ0v) is 16.0. The number of rotatable bonds is 3. The largest absolute Gasteiger partial charge is 0.444 e. The topological polar surface area (TPSA) is 74.3 Å². The number of nitriles is 1. The van der Waals surface area contributed by atoms with Crippen LogP contribution in [0.25, 0.3) is 11.0 Å². The lowest BCUT2D eigenvalue weighted by Gasteiger charge is -2.50. The van der Waals surface area contributed by atoms with Crippen molar-refractivity contribution in [1.82, 2.24) is 9.88 Å². The highest BCUT2D eigenvalue weighted by Crippen LogP contribution is 2.35. The molecule has 4 aliphatic rings. The molecule has 7 heteroatoms. The molecule has 3 saturated heterocycles. The van der Waals surface area contributed by atoms with Crippen LogP contribution in [-0.2, 0) is 4.74 Å². The molecule has 1 saturated carbocycles. The fourth-order valence-electron chi connectivity index (χ4n) is 4.60.